The number of anilines is 1. The molecule has 0 atom stereocenters. The van der Waals surface area contributed by atoms with Crippen LogP contribution in [0.1, 0.15) is 50.1 Å². The van der Waals surface area contributed by atoms with Gasteiger partial charge in [-0.05, 0) is 18.9 Å². The van der Waals surface area contributed by atoms with Gasteiger partial charge in [0.15, 0.2) is 5.82 Å². The number of rotatable bonds is 2. The summed E-state index contributed by atoms with van der Waals surface area (Å²) in [4.78, 5) is 0. The van der Waals surface area contributed by atoms with Crippen LogP contribution < -0.4 is 5.73 Å². The Bertz CT molecular complexity index is 583. The van der Waals surface area contributed by atoms with Gasteiger partial charge in [-0.15, -0.1) is 0 Å². The van der Waals surface area contributed by atoms with E-state index in [1.165, 1.54) is 38.5 Å². The number of aromatic nitrogens is 2. The highest BCUT2D eigenvalue weighted by atomic mass is 35.5. The molecule has 106 valence electrons. The molecule has 1 aromatic heterocycles. The largest absolute Gasteiger partial charge is 0.382 e. The molecule has 0 saturated heterocycles. The molecule has 20 heavy (non-hydrogen) atoms. The second-order valence-electron chi connectivity index (χ2n) is 5.57. The number of hydrogen-bond donors (Lipinski definition) is 2. The highest BCUT2D eigenvalue weighted by Crippen LogP contribution is 2.40. The van der Waals surface area contributed by atoms with Gasteiger partial charge in [0.05, 0.1) is 0 Å². The van der Waals surface area contributed by atoms with E-state index >= 15 is 0 Å². The molecule has 0 spiro atoms. The topological polar surface area (TPSA) is 54.7 Å². The molecule has 1 heterocycles. The van der Waals surface area contributed by atoms with Gasteiger partial charge in [-0.1, -0.05) is 55.5 Å². The highest BCUT2D eigenvalue weighted by Gasteiger charge is 2.23. The molecule has 0 unspecified atom stereocenters. The lowest BCUT2D eigenvalue weighted by atomic mass is 9.91. The number of nitrogens with two attached hydrogens (primary N) is 1. The first-order valence-corrected chi connectivity index (χ1v) is 7.74. The van der Waals surface area contributed by atoms with Gasteiger partial charge in [-0.3, -0.25) is 5.10 Å². The molecule has 1 aliphatic rings. The van der Waals surface area contributed by atoms with E-state index in [9.17, 15) is 0 Å². The van der Waals surface area contributed by atoms with E-state index < -0.39 is 0 Å². The fourth-order valence-corrected chi connectivity index (χ4v) is 3.41. The van der Waals surface area contributed by atoms with Gasteiger partial charge in [-0.25, -0.2) is 0 Å². The third-order valence-corrected chi connectivity index (χ3v) is 4.56. The first-order valence-electron chi connectivity index (χ1n) is 7.36. The quantitative estimate of drug-likeness (QED) is 0.784. The number of nitrogens with one attached hydrogen (secondary N) is 1. The maximum absolute atomic E-state index is 6.33. The molecule has 0 amide bonds. The molecule has 1 fully saturated rings. The van der Waals surface area contributed by atoms with Crippen LogP contribution in [-0.4, -0.2) is 10.2 Å². The smallest absolute Gasteiger partial charge is 0.153 e. The molecule has 1 aromatic carbocycles. The number of aromatic amines is 1. The van der Waals surface area contributed by atoms with Gasteiger partial charge in [0.25, 0.3) is 0 Å². The molecule has 3 N–H and O–H groups in total. The van der Waals surface area contributed by atoms with E-state index in [0.29, 0.717) is 11.7 Å². The fourth-order valence-electron chi connectivity index (χ4n) is 3.18. The SMILES string of the molecule is Nc1n[nH]c(C2CCCCCC2)c1-c1ccccc1Cl. The maximum Gasteiger partial charge on any atom is 0.153 e. The standard InChI is InChI=1S/C16H20ClN3/c17-13-10-6-5-9-12(13)14-15(19-20-16(14)18)11-7-3-1-2-4-8-11/h5-6,9-11H,1-4,7-8H2,(H3,18,19,20). The highest BCUT2D eigenvalue weighted by molar-refractivity contribution is 6.33. The van der Waals surface area contributed by atoms with Crippen molar-refractivity contribution in [3.05, 3.63) is 35.0 Å². The van der Waals surface area contributed by atoms with Gasteiger partial charge in [0, 0.05) is 27.8 Å². The lowest BCUT2D eigenvalue weighted by Gasteiger charge is -2.15. The van der Waals surface area contributed by atoms with Gasteiger partial charge < -0.3 is 5.73 Å². The van der Waals surface area contributed by atoms with Crippen LogP contribution in [0.5, 0.6) is 0 Å². The summed E-state index contributed by atoms with van der Waals surface area (Å²) in [5.41, 5.74) is 9.24. The van der Waals surface area contributed by atoms with Crippen molar-refractivity contribution in [3.8, 4) is 11.1 Å². The predicted molar refractivity (Wildman–Crippen MR) is 83.9 cm³/mol. The first-order chi connectivity index (χ1) is 9.77. The number of nitrogen functional groups attached to an aromatic ring is 1. The Kier molecular flexibility index (Phi) is 3.97. The average molecular weight is 290 g/mol. The summed E-state index contributed by atoms with van der Waals surface area (Å²) in [5.74, 6) is 1.07. The Balaban J connectivity index is 2.03. The van der Waals surface area contributed by atoms with Crippen molar-refractivity contribution in [2.45, 2.75) is 44.4 Å². The second-order valence-corrected chi connectivity index (χ2v) is 5.97. The minimum atomic E-state index is 0.522. The van der Waals surface area contributed by atoms with E-state index in [1.54, 1.807) is 0 Å². The average Bonchev–Trinajstić information content (AvgIpc) is 2.67. The van der Waals surface area contributed by atoms with E-state index in [1.807, 2.05) is 24.3 Å². The van der Waals surface area contributed by atoms with Gasteiger partial charge in [-0.2, -0.15) is 5.10 Å². The predicted octanol–water partition coefficient (Wildman–Crippen LogP) is 4.75. The second kappa shape index (κ2) is 5.88. The molecule has 3 rings (SSSR count). The lowest BCUT2D eigenvalue weighted by Crippen LogP contribution is -2.00. The summed E-state index contributed by atoms with van der Waals surface area (Å²) in [7, 11) is 0. The summed E-state index contributed by atoms with van der Waals surface area (Å²) >= 11 is 6.33. The van der Waals surface area contributed by atoms with Crippen LogP contribution in [0.2, 0.25) is 5.02 Å². The number of halogens is 1. The number of hydrogen-bond acceptors (Lipinski definition) is 2. The summed E-state index contributed by atoms with van der Waals surface area (Å²) in [6.45, 7) is 0. The third kappa shape index (κ3) is 2.55. The normalized spacial score (nSPS) is 17.1. The van der Waals surface area contributed by atoms with Crippen molar-refractivity contribution in [1.82, 2.24) is 10.2 Å². The Morgan fingerprint density at radius 1 is 1.10 bits per heavy atom. The summed E-state index contributed by atoms with van der Waals surface area (Å²) in [6, 6.07) is 7.85. The van der Waals surface area contributed by atoms with Crippen LogP contribution >= 0.6 is 11.6 Å². The summed E-state index contributed by atoms with van der Waals surface area (Å²) in [6.07, 6.45) is 7.65. The van der Waals surface area contributed by atoms with E-state index in [4.69, 9.17) is 17.3 Å². The Hall–Kier alpha value is -1.48. The molecule has 2 aromatic rings. The fraction of sp³-hybridized carbons (Fsp3) is 0.438. The van der Waals surface area contributed by atoms with Gasteiger partial charge in [0.1, 0.15) is 0 Å². The van der Waals surface area contributed by atoms with Crippen molar-refractivity contribution in [3.63, 3.8) is 0 Å². The molecule has 1 saturated carbocycles. The van der Waals surface area contributed by atoms with Crippen LogP contribution in [0.25, 0.3) is 11.1 Å². The zero-order valence-electron chi connectivity index (χ0n) is 11.5. The number of nitrogens with zero attached hydrogens (tertiary/aromatic N) is 1. The van der Waals surface area contributed by atoms with Crippen LogP contribution in [0.4, 0.5) is 5.82 Å². The van der Waals surface area contributed by atoms with Crippen LogP contribution in [0.15, 0.2) is 24.3 Å². The van der Waals surface area contributed by atoms with Crippen LogP contribution in [0, 0.1) is 0 Å². The van der Waals surface area contributed by atoms with Crippen molar-refractivity contribution in [2.75, 3.05) is 5.73 Å². The number of H-pyrrole nitrogens is 1. The van der Waals surface area contributed by atoms with E-state index in [2.05, 4.69) is 10.2 Å². The monoisotopic (exact) mass is 289 g/mol. The zero-order chi connectivity index (χ0) is 13.9. The Morgan fingerprint density at radius 3 is 2.50 bits per heavy atom. The molecule has 3 nitrogen and oxygen atoms in total. The van der Waals surface area contributed by atoms with Gasteiger partial charge in [0.2, 0.25) is 0 Å². The number of benzene rings is 1. The minimum Gasteiger partial charge on any atom is -0.382 e. The van der Waals surface area contributed by atoms with Crippen LogP contribution in [0.3, 0.4) is 0 Å². The van der Waals surface area contributed by atoms with Gasteiger partial charge >= 0.3 is 0 Å². The maximum atomic E-state index is 6.33. The molecular weight excluding hydrogens is 270 g/mol. The summed E-state index contributed by atoms with van der Waals surface area (Å²) < 4.78 is 0. The van der Waals surface area contributed by atoms with E-state index in [0.717, 1.165) is 21.8 Å². The summed E-state index contributed by atoms with van der Waals surface area (Å²) in [5, 5.41) is 8.13. The molecular formula is C16H20ClN3. The molecule has 0 radical (unpaired) electrons. The van der Waals surface area contributed by atoms with Crippen molar-refractivity contribution in [1.29, 1.82) is 0 Å². The van der Waals surface area contributed by atoms with E-state index in [-0.39, 0.29) is 0 Å². The Labute approximate surface area is 124 Å². The zero-order valence-corrected chi connectivity index (χ0v) is 12.3. The molecule has 4 heteroatoms. The van der Waals surface area contributed by atoms with Crippen molar-refractivity contribution < 1.29 is 0 Å². The molecule has 0 bridgehead atoms. The third-order valence-electron chi connectivity index (χ3n) is 4.23. The molecule has 0 aliphatic heterocycles. The lowest BCUT2D eigenvalue weighted by molar-refractivity contribution is 0.577. The Morgan fingerprint density at radius 2 is 1.80 bits per heavy atom. The van der Waals surface area contributed by atoms with Crippen LogP contribution in [-0.2, 0) is 0 Å². The van der Waals surface area contributed by atoms with Crippen molar-refractivity contribution >= 4 is 17.4 Å². The first kappa shape index (κ1) is 13.5. The molecule has 1 aliphatic carbocycles. The van der Waals surface area contributed by atoms with Crippen molar-refractivity contribution in [2.24, 2.45) is 0 Å². The minimum absolute atomic E-state index is 0.522.